The van der Waals surface area contributed by atoms with Crippen LogP contribution in [-0.4, -0.2) is 61.8 Å². The lowest BCUT2D eigenvalue weighted by Gasteiger charge is -2.48. The molecule has 0 saturated carbocycles. The van der Waals surface area contributed by atoms with Crippen molar-refractivity contribution < 1.29 is 23.5 Å². The van der Waals surface area contributed by atoms with Gasteiger partial charge in [-0.05, 0) is 86.3 Å². The van der Waals surface area contributed by atoms with Crippen LogP contribution in [0.2, 0.25) is 0 Å². The number of nitrogens with zero attached hydrogens (tertiary/aromatic N) is 2. The van der Waals surface area contributed by atoms with Gasteiger partial charge in [0, 0.05) is 12.0 Å². The van der Waals surface area contributed by atoms with Gasteiger partial charge in [0.1, 0.15) is 5.82 Å². The van der Waals surface area contributed by atoms with Gasteiger partial charge in [-0.2, -0.15) is 0 Å². The topological polar surface area (TPSA) is 59.1 Å². The van der Waals surface area contributed by atoms with E-state index in [1.807, 2.05) is 12.1 Å². The van der Waals surface area contributed by atoms with Crippen LogP contribution in [0.5, 0.6) is 0 Å². The Balaban J connectivity index is 1.41. The molecular formula is C26H29FN2O4. The zero-order valence-corrected chi connectivity index (χ0v) is 18.9. The van der Waals surface area contributed by atoms with E-state index in [2.05, 4.69) is 4.90 Å². The van der Waals surface area contributed by atoms with Gasteiger partial charge in [0.2, 0.25) is 0 Å². The van der Waals surface area contributed by atoms with E-state index in [4.69, 9.17) is 9.47 Å². The second kappa shape index (κ2) is 8.78. The average Bonchev–Trinajstić information content (AvgIpc) is 2.87. The molecule has 2 aromatic rings. The summed E-state index contributed by atoms with van der Waals surface area (Å²) in [4.78, 5) is 29.6. The maximum Gasteiger partial charge on any atom is 0.410 e. The summed E-state index contributed by atoms with van der Waals surface area (Å²) < 4.78 is 24.4. The third-order valence-corrected chi connectivity index (χ3v) is 7.59. The Morgan fingerprint density at radius 2 is 1.73 bits per heavy atom. The predicted octanol–water partition coefficient (Wildman–Crippen LogP) is 4.18. The standard InChI is InChI=1S/C26H29FN2O4/c1-32-24(30)20-4-7-22-19(16-20)8-12-29(23(22)18-2-5-21(27)6-3-18)25(31)33-17-26-9-13-28(14-10-26)15-11-26/h2-7,16,23H,8-15,17H2,1H3/t23-/m1/s1. The van der Waals surface area contributed by atoms with Gasteiger partial charge in [0.25, 0.3) is 0 Å². The molecule has 0 aliphatic carbocycles. The minimum absolute atomic E-state index is 0.0961. The van der Waals surface area contributed by atoms with E-state index in [0.717, 1.165) is 55.6 Å². The summed E-state index contributed by atoms with van der Waals surface area (Å²) in [6, 6.07) is 11.2. The molecule has 1 amide bonds. The van der Waals surface area contributed by atoms with Crippen LogP contribution in [0.25, 0.3) is 0 Å². The number of benzene rings is 2. The third kappa shape index (κ3) is 4.22. The van der Waals surface area contributed by atoms with Crippen LogP contribution in [0.3, 0.4) is 0 Å². The predicted molar refractivity (Wildman–Crippen MR) is 121 cm³/mol. The number of fused-ring (bicyclic) bond motifs is 4. The van der Waals surface area contributed by atoms with Gasteiger partial charge in [-0.3, -0.25) is 4.90 Å². The van der Waals surface area contributed by atoms with E-state index in [9.17, 15) is 14.0 Å². The fraction of sp³-hybridized carbons (Fsp3) is 0.462. The Morgan fingerprint density at radius 3 is 2.39 bits per heavy atom. The first-order valence-electron chi connectivity index (χ1n) is 11.6. The van der Waals surface area contributed by atoms with Crippen molar-refractivity contribution in [1.29, 1.82) is 0 Å². The van der Waals surface area contributed by atoms with E-state index in [1.54, 1.807) is 23.1 Å². The number of amides is 1. The second-order valence-corrected chi connectivity index (χ2v) is 9.45. The molecule has 33 heavy (non-hydrogen) atoms. The number of piperidine rings is 3. The van der Waals surface area contributed by atoms with Gasteiger partial charge in [-0.15, -0.1) is 0 Å². The Labute approximate surface area is 193 Å². The van der Waals surface area contributed by atoms with E-state index < -0.39 is 12.0 Å². The normalized spacial score (nSPS) is 25.9. The first-order valence-corrected chi connectivity index (χ1v) is 11.6. The van der Waals surface area contributed by atoms with Crippen molar-refractivity contribution in [2.75, 3.05) is 39.9 Å². The quantitative estimate of drug-likeness (QED) is 0.652. The number of ether oxygens (including phenoxy) is 2. The van der Waals surface area contributed by atoms with E-state index in [1.165, 1.54) is 19.2 Å². The molecule has 174 valence electrons. The molecule has 7 heteroatoms. The van der Waals surface area contributed by atoms with E-state index in [0.29, 0.717) is 25.1 Å². The highest BCUT2D eigenvalue weighted by molar-refractivity contribution is 5.89. The van der Waals surface area contributed by atoms with Crippen molar-refractivity contribution in [2.24, 2.45) is 5.41 Å². The van der Waals surface area contributed by atoms with E-state index >= 15 is 0 Å². The smallest absolute Gasteiger partial charge is 0.410 e. The number of carbonyl (C=O) groups excluding carboxylic acids is 2. The summed E-state index contributed by atoms with van der Waals surface area (Å²) in [6.07, 6.45) is 3.48. The summed E-state index contributed by atoms with van der Waals surface area (Å²) in [5, 5.41) is 0. The number of hydrogen-bond acceptors (Lipinski definition) is 5. The summed E-state index contributed by atoms with van der Waals surface area (Å²) in [5.74, 6) is -0.719. The van der Waals surface area contributed by atoms with Crippen molar-refractivity contribution in [3.8, 4) is 0 Å². The highest BCUT2D eigenvalue weighted by Crippen LogP contribution is 2.41. The summed E-state index contributed by atoms with van der Waals surface area (Å²) in [5.41, 5.74) is 3.28. The molecule has 0 N–H and O–H groups in total. The van der Waals surface area contributed by atoms with E-state index in [-0.39, 0.29) is 17.3 Å². The molecule has 6 rings (SSSR count). The van der Waals surface area contributed by atoms with Gasteiger partial charge in [0.15, 0.2) is 0 Å². The molecule has 3 fully saturated rings. The maximum absolute atomic E-state index is 13.6. The van der Waals surface area contributed by atoms with Crippen LogP contribution in [0, 0.1) is 11.2 Å². The summed E-state index contributed by atoms with van der Waals surface area (Å²) in [6.45, 7) is 4.14. The molecule has 6 nitrogen and oxygen atoms in total. The van der Waals surface area contributed by atoms with Crippen LogP contribution in [0.1, 0.15) is 52.4 Å². The number of carbonyl (C=O) groups is 2. The minimum atomic E-state index is -0.403. The molecule has 4 aliphatic rings. The van der Waals surface area contributed by atoms with Crippen LogP contribution in [0.4, 0.5) is 9.18 Å². The van der Waals surface area contributed by atoms with Crippen molar-refractivity contribution in [3.63, 3.8) is 0 Å². The van der Waals surface area contributed by atoms with Crippen LogP contribution < -0.4 is 0 Å². The zero-order valence-electron chi connectivity index (χ0n) is 18.9. The van der Waals surface area contributed by atoms with Gasteiger partial charge in [0.05, 0.1) is 25.3 Å². The molecule has 3 saturated heterocycles. The molecule has 0 aromatic heterocycles. The fourth-order valence-corrected chi connectivity index (χ4v) is 5.48. The lowest BCUT2D eigenvalue weighted by molar-refractivity contribution is -0.0300. The van der Waals surface area contributed by atoms with Gasteiger partial charge in [-0.1, -0.05) is 18.2 Å². The van der Waals surface area contributed by atoms with Crippen molar-refractivity contribution in [2.45, 2.75) is 31.7 Å². The molecule has 0 unspecified atom stereocenters. The van der Waals surface area contributed by atoms with Crippen LogP contribution in [-0.2, 0) is 15.9 Å². The van der Waals surface area contributed by atoms with Crippen molar-refractivity contribution in [1.82, 2.24) is 9.80 Å². The van der Waals surface area contributed by atoms with Crippen molar-refractivity contribution >= 4 is 12.1 Å². The zero-order chi connectivity index (χ0) is 23.0. The third-order valence-electron chi connectivity index (χ3n) is 7.59. The highest BCUT2D eigenvalue weighted by Gasteiger charge is 2.41. The molecule has 2 aromatic carbocycles. The first-order chi connectivity index (χ1) is 16.0. The SMILES string of the molecule is COC(=O)c1ccc2c(c1)CCN(C(=O)OCC13CCN(CC1)CC3)[C@@H]2c1ccc(F)cc1. The monoisotopic (exact) mass is 452 g/mol. The molecular weight excluding hydrogens is 423 g/mol. The van der Waals surface area contributed by atoms with Gasteiger partial charge < -0.3 is 14.4 Å². The number of esters is 1. The van der Waals surface area contributed by atoms with Gasteiger partial charge >= 0.3 is 12.1 Å². The Kier molecular flexibility index (Phi) is 5.83. The Hall–Kier alpha value is -2.93. The fourth-order valence-electron chi connectivity index (χ4n) is 5.48. The number of hydrogen-bond donors (Lipinski definition) is 0. The lowest BCUT2D eigenvalue weighted by atomic mass is 9.73. The molecule has 1 atom stereocenters. The summed E-state index contributed by atoms with van der Waals surface area (Å²) in [7, 11) is 1.36. The molecule has 4 heterocycles. The molecule has 0 radical (unpaired) electrons. The lowest BCUT2D eigenvalue weighted by Crippen LogP contribution is -2.51. The largest absolute Gasteiger partial charge is 0.465 e. The second-order valence-electron chi connectivity index (χ2n) is 9.45. The van der Waals surface area contributed by atoms with Gasteiger partial charge in [-0.25, -0.2) is 14.0 Å². The Bertz CT molecular complexity index is 1030. The molecule has 4 aliphatic heterocycles. The van der Waals surface area contributed by atoms with Crippen LogP contribution >= 0.6 is 0 Å². The van der Waals surface area contributed by atoms with Crippen molar-refractivity contribution in [3.05, 3.63) is 70.5 Å². The number of halogens is 1. The first kappa shape index (κ1) is 21.9. The number of rotatable bonds is 4. The summed E-state index contributed by atoms with van der Waals surface area (Å²) >= 11 is 0. The number of methoxy groups -OCH3 is 1. The molecule has 0 spiro atoms. The maximum atomic E-state index is 13.6. The minimum Gasteiger partial charge on any atom is -0.465 e. The average molecular weight is 453 g/mol. The highest BCUT2D eigenvalue weighted by atomic mass is 19.1. The molecule has 2 bridgehead atoms. The van der Waals surface area contributed by atoms with Crippen LogP contribution in [0.15, 0.2) is 42.5 Å². The Morgan fingerprint density at radius 1 is 1.03 bits per heavy atom.